The van der Waals surface area contributed by atoms with Gasteiger partial charge in [-0.05, 0) is 30.5 Å². The molecule has 0 aromatic heterocycles. The van der Waals surface area contributed by atoms with Gasteiger partial charge in [-0.2, -0.15) is 0 Å². The van der Waals surface area contributed by atoms with Crippen molar-refractivity contribution in [1.29, 1.82) is 0 Å². The van der Waals surface area contributed by atoms with Crippen LogP contribution in [0.5, 0.6) is 0 Å². The van der Waals surface area contributed by atoms with E-state index in [1.165, 1.54) is 77.0 Å². The second kappa shape index (κ2) is 12.8. The highest BCUT2D eigenvalue weighted by Gasteiger charge is 2.18. The molecule has 0 saturated heterocycles. The van der Waals surface area contributed by atoms with Crippen LogP contribution in [0.15, 0.2) is 24.3 Å². The highest BCUT2D eigenvalue weighted by molar-refractivity contribution is 5.85. The molecule has 0 spiro atoms. The van der Waals surface area contributed by atoms with Gasteiger partial charge in [-0.3, -0.25) is 0 Å². The molecule has 0 radical (unpaired) electrons. The highest BCUT2D eigenvalue weighted by atomic mass is 35.5. The van der Waals surface area contributed by atoms with Crippen molar-refractivity contribution in [2.75, 3.05) is 6.54 Å². The molecule has 0 amide bonds. The molecule has 132 valence electrons. The van der Waals surface area contributed by atoms with Crippen molar-refractivity contribution >= 4 is 12.4 Å². The van der Waals surface area contributed by atoms with E-state index in [1.807, 2.05) is 0 Å². The predicted octanol–water partition coefficient (Wildman–Crippen LogP) is 6.61. The van der Waals surface area contributed by atoms with Crippen LogP contribution < -0.4 is 5.32 Å². The number of fused-ring (bicyclic) bond motifs is 1. The maximum atomic E-state index is 3.71. The van der Waals surface area contributed by atoms with E-state index in [1.54, 1.807) is 11.1 Å². The Labute approximate surface area is 150 Å². The van der Waals surface area contributed by atoms with Gasteiger partial charge in [0.15, 0.2) is 0 Å². The first-order chi connectivity index (χ1) is 10.9. The molecule has 2 rings (SSSR count). The Balaban J connectivity index is 0.00000264. The van der Waals surface area contributed by atoms with Crippen LogP contribution in [0.1, 0.15) is 94.7 Å². The van der Waals surface area contributed by atoms with Gasteiger partial charge in [-0.15, -0.1) is 12.4 Å². The summed E-state index contributed by atoms with van der Waals surface area (Å²) in [5.74, 6) is 0. The SMILES string of the molecule is CCCCCCCCCCCCC1NCCc2ccccc21.Cl. The lowest BCUT2D eigenvalue weighted by Crippen LogP contribution is -2.29. The molecule has 1 heterocycles. The van der Waals surface area contributed by atoms with Crippen LogP contribution in [0, 0.1) is 0 Å². The van der Waals surface area contributed by atoms with Crippen LogP contribution >= 0.6 is 12.4 Å². The third-order valence-electron chi connectivity index (χ3n) is 5.06. The molecule has 0 fully saturated rings. The smallest absolute Gasteiger partial charge is 0.0323 e. The van der Waals surface area contributed by atoms with Crippen LogP contribution in [0.3, 0.4) is 0 Å². The van der Waals surface area contributed by atoms with Gasteiger partial charge in [0.1, 0.15) is 0 Å². The standard InChI is InChI=1S/C21H35N.ClH/c1-2-3-4-5-6-7-8-9-10-11-16-21-20-15-13-12-14-19(20)17-18-22-21;/h12-15,21-22H,2-11,16-18H2,1H3;1H. The minimum atomic E-state index is 0. The molecule has 23 heavy (non-hydrogen) atoms. The minimum Gasteiger partial charge on any atom is -0.310 e. The maximum Gasteiger partial charge on any atom is 0.0323 e. The fourth-order valence-electron chi connectivity index (χ4n) is 3.69. The molecule has 1 nitrogen and oxygen atoms in total. The van der Waals surface area contributed by atoms with Gasteiger partial charge in [-0.25, -0.2) is 0 Å². The van der Waals surface area contributed by atoms with Crippen LogP contribution in [-0.2, 0) is 6.42 Å². The number of hydrogen-bond acceptors (Lipinski definition) is 1. The number of nitrogens with one attached hydrogen (secondary N) is 1. The van der Waals surface area contributed by atoms with Gasteiger partial charge in [0.2, 0.25) is 0 Å². The monoisotopic (exact) mass is 337 g/mol. The summed E-state index contributed by atoms with van der Waals surface area (Å²) < 4.78 is 0. The second-order valence-corrected chi connectivity index (χ2v) is 6.93. The fraction of sp³-hybridized carbons (Fsp3) is 0.714. The van der Waals surface area contributed by atoms with E-state index in [-0.39, 0.29) is 12.4 Å². The van der Waals surface area contributed by atoms with Crippen molar-refractivity contribution in [3.63, 3.8) is 0 Å². The largest absolute Gasteiger partial charge is 0.310 e. The topological polar surface area (TPSA) is 12.0 Å². The van der Waals surface area contributed by atoms with Gasteiger partial charge in [0.25, 0.3) is 0 Å². The molecule has 2 heteroatoms. The van der Waals surface area contributed by atoms with Gasteiger partial charge < -0.3 is 5.32 Å². The van der Waals surface area contributed by atoms with Crippen LogP contribution in [0.4, 0.5) is 0 Å². The predicted molar refractivity (Wildman–Crippen MR) is 105 cm³/mol. The first-order valence-corrected chi connectivity index (χ1v) is 9.73. The van der Waals surface area contributed by atoms with E-state index in [0.717, 1.165) is 6.54 Å². The van der Waals surface area contributed by atoms with Crippen LogP contribution in [0.2, 0.25) is 0 Å². The molecular formula is C21H36ClN. The molecule has 1 aliphatic heterocycles. The number of halogens is 1. The van der Waals surface area contributed by atoms with Crippen molar-refractivity contribution in [1.82, 2.24) is 5.32 Å². The van der Waals surface area contributed by atoms with E-state index < -0.39 is 0 Å². The molecule has 0 saturated carbocycles. The van der Waals surface area contributed by atoms with Crippen molar-refractivity contribution in [2.45, 2.75) is 90.0 Å². The molecule has 0 bridgehead atoms. The number of benzene rings is 1. The Morgan fingerprint density at radius 2 is 1.48 bits per heavy atom. The lowest BCUT2D eigenvalue weighted by atomic mass is 9.91. The van der Waals surface area contributed by atoms with E-state index in [4.69, 9.17) is 0 Å². The molecule has 1 aliphatic rings. The van der Waals surface area contributed by atoms with Gasteiger partial charge >= 0.3 is 0 Å². The van der Waals surface area contributed by atoms with E-state index in [0.29, 0.717) is 6.04 Å². The van der Waals surface area contributed by atoms with Crippen LogP contribution in [-0.4, -0.2) is 6.54 Å². The second-order valence-electron chi connectivity index (χ2n) is 6.93. The highest BCUT2D eigenvalue weighted by Crippen LogP contribution is 2.27. The number of rotatable bonds is 11. The molecular weight excluding hydrogens is 302 g/mol. The summed E-state index contributed by atoms with van der Waals surface area (Å²) in [5, 5.41) is 3.71. The number of unbranched alkanes of at least 4 members (excludes halogenated alkanes) is 9. The molecule has 1 unspecified atom stereocenters. The van der Waals surface area contributed by atoms with Crippen LogP contribution in [0.25, 0.3) is 0 Å². The maximum absolute atomic E-state index is 3.71. The summed E-state index contributed by atoms with van der Waals surface area (Å²) in [6.45, 7) is 3.44. The third-order valence-corrected chi connectivity index (χ3v) is 5.06. The minimum absolute atomic E-state index is 0. The zero-order chi connectivity index (χ0) is 15.5. The van der Waals surface area contributed by atoms with Crippen molar-refractivity contribution < 1.29 is 0 Å². The molecule has 0 aliphatic carbocycles. The first kappa shape index (κ1) is 20.5. The Bertz CT molecular complexity index is 405. The fourth-order valence-corrected chi connectivity index (χ4v) is 3.69. The zero-order valence-electron chi connectivity index (χ0n) is 15.0. The summed E-state index contributed by atoms with van der Waals surface area (Å²) in [4.78, 5) is 0. The number of hydrogen-bond donors (Lipinski definition) is 1. The average molecular weight is 338 g/mol. The Hall–Kier alpha value is -0.530. The lowest BCUT2D eigenvalue weighted by Gasteiger charge is -2.27. The molecule has 1 atom stereocenters. The van der Waals surface area contributed by atoms with Crippen molar-refractivity contribution in [3.05, 3.63) is 35.4 Å². The van der Waals surface area contributed by atoms with Crippen molar-refractivity contribution in [2.24, 2.45) is 0 Å². The van der Waals surface area contributed by atoms with Gasteiger partial charge in [-0.1, -0.05) is 95.4 Å². The van der Waals surface area contributed by atoms with Crippen molar-refractivity contribution in [3.8, 4) is 0 Å². The van der Waals surface area contributed by atoms with E-state index >= 15 is 0 Å². The molecule has 1 N–H and O–H groups in total. The zero-order valence-corrected chi connectivity index (χ0v) is 15.8. The lowest BCUT2D eigenvalue weighted by molar-refractivity contribution is 0.447. The first-order valence-electron chi connectivity index (χ1n) is 9.73. The third kappa shape index (κ3) is 7.72. The normalized spacial score (nSPS) is 16.7. The summed E-state index contributed by atoms with van der Waals surface area (Å²) in [5.41, 5.74) is 3.13. The Morgan fingerprint density at radius 1 is 0.870 bits per heavy atom. The summed E-state index contributed by atoms with van der Waals surface area (Å²) in [6, 6.07) is 9.61. The summed E-state index contributed by atoms with van der Waals surface area (Å²) in [7, 11) is 0. The summed E-state index contributed by atoms with van der Waals surface area (Å²) in [6.07, 6.45) is 16.8. The quantitative estimate of drug-likeness (QED) is 0.448. The Kier molecular flexibility index (Phi) is 11.5. The summed E-state index contributed by atoms with van der Waals surface area (Å²) >= 11 is 0. The average Bonchev–Trinajstić information content (AvgIpc) is 2.56. The Morgan fingerprint density at radius 3 is 2.17 bits per heavy atom. The molecule has 1 aromatic rings. The van der Waals surface area contributed by atoms with E-state index in [9.17, 15) is 0 Å². The molecule has 1 aromatic carbocycles. The van der Waals surface area contributed by atoms with Gasteiger partial charge in [0, 0.05) is 6.04 Å². The van der Waals surface area contributed by atoms with E-state index in [2.05, 4.69) is 36.5 Å². The van der Waals surface area contributed by atoms with Gasteiger partial charge in [0.05, 0.1) is 0 Å².